The number of hydrogen-bond donors (Lipinski definition) is 1. The Balaban J connectivity index is 1.65. The van der Waals surface area contributed by atoms with E-state index in [1.54, 1.807) is 16.8 Å². The van der Waals surface area contributed by atoms with Crippen LogP contribution in [-0.4, -0.2) is 19.5 Å². The van der Waals surface area contributed by atoms with Crippen LogP contribution in [0.4, 0.5) is 0 Å². The van der Waals surface area contributed by atoms with E-state index in [2.05, 4.69) is 9.97 Å². The molecule has 1 aliphatic rings. The largest absolute Gasteiger partial charge is 0.321 e. The first-order valence-electron chi connectivity index (χ1n) is 9.08. The van der Waals surface area contributed by atoms with Gasteiger partial charge in [0.05, 0.1) is 10.9 Å². The molecular formula is C20H19N5O2. The van der Waals surface area contributed by atoms with Crippen molar-refractivity contribution in [3.63, 3.8) is 0 Å². The van der Waals surface area contributed by atoms with Gasteiger partial charge in [0.1, 0.15) is 17.5 Å². The molecule has 3 heterocycles. The number of rotatable bonds is 3. The van der Waals surface area contributed by atoms with E-state index in [-0.39, 0.29) is 11.1 Å². The number of nitrogens with one attached hydrogen (secondary N) is 1. The highest BCUT2D eigenvalue weighted by Crippen LogP contribution is 2.21. The zero-order valence-corrected chi connectivity index (χ0v) is 15.1. The summed E-state index contributed by atoms with van der Waals surface area (Å²) in [7, 11) is 0. The van der Waals surface area contributed by atoms with E-state index in [9.17, 15) is 9.59 Å². The summed E-state index contributed by atoms with van der Waals surface area (Å²) in [5, 5.41) is 9.35. The summed E-state index contributed by atoms with van der Waals surface area (Å²) in [6.45, 7) is 2.46. The highest BCUT2D eigenvalue weighted by Gasteiger charge is 2.15. The summed E-state index contributed by atoms with van der Waals surface area (Å²) < 4.78 is 1.57. The maximum atomic E-state index is 12.7. The molecular weight excluding hydrogens is 342 g/mol. The minimum absolute atomic E-state index is 0.0639. The van der Waals surface area contributed by atoms with Gasteiger partial charge in [-0.3, -0.25) is 9.59 Å². The highest BCUT2D eigenvalue weighted by molar-refractivity contribution is 5.78. The van der Waals surface area contributed by atoms with Gasteiger partial charge in [-0.05, 0) is 50.3 Å². The lowest BCUT2D eigenvalue weighted by atomic mass is 9.95. The third kappa shape index (κ3) is 3.14. The normalized spacial score (nSPS) is 13.3. The van der Waals surface area contributed by atoms with Crippen molar-refractivity contribution in [2.45, 2.75) is 45.6 Å². The molecule has 0 radical (unpaired) electrons. The van der Waals surface area contributed by atoms with E-state index < -0.39 is 5.56 Å². The lowest BCUT2D eigenvalue weighted by Gasteiger charge is -2.17. The molecule has 27 heavy (non-hydrogen) atoms. The van der Waals surface area contributed by atoms with Gasteiger partial charge >= 0.3 is 0 Å². The Morgan fingerprint density at radius 3 is 2.89 bits per heavy atom. The number of nitriles is 1. The number of pyridine rings is 2. The smallest absolute Gasteiger partial charge is 0.266 e. The van der Waals surface area contributed by atoms with Gasteiger partial charge in [0.15, 0.2) is 0 Å². The van der Waals surface area contributed by atoms with Gasteiger partial charge < -0.3 is 9.55 Å². The van der Waals surface area contributed by atoms with E-state index >= 15 is 0 Å². The molecule has 7 heteroatoms. The monoisotopic (exact) mass is 361 g/mol. The van der Waals surface area contributed by atoms with Gasteiger partial charge in [0.25, 0.3) is 11.1 Å². The van der Waals surface area contributed by atoms with Crippen LogP contribution in [0, 0.1) is 18.3 Å². The molecule has 0 spiro atoms. The topological polar surface area (TPSA) is 104 Å². The molecule has 0 fully saturated rings. The minimum atomic E-state index is -0.486. The molecule has 4 rings (SSSR count). The first kappa shape index (κ1) is 17.2. The molecule has 0 unspecified atom stereocenters. The Morgan fingerprint density at radius 2 is 2.07 bits per heavy atom. The van der Waals surface area contributed by atoms with Crippen LogP contribution >= 0.6 is 0 Å². The summed E-state index contributed by atoms with van der Waals surface area (Å²) in [4.78, 5) is 36.3. The maximum Gasteiger partial charge on any atom is 0.266 e. The second kappa shape index (κ2) is 6.80. The maximum absolute atomic E-state index is 12.7. The van der Waals surface area contributed by atoms with Crippen LogP contribution in [-0.2, 0) is 25.8 Å². The van der Waals surface area contributed by atoms with Crippen molar-refractivity contribution in [2.24, 2.45) is 0 Å². The van der Waals surface area contributed by atoms with Crippen LogP contribution in [0.1, 0.15) is 41.2 Å². The number of nitrogens with zero attached hydrogens (tertiary/aromatic N) is 4. The van der Waals surface area contributed by atoms with Crippen LogP contribution in [0.3, 0.4) is 0 Å². The van der Waals surface area contributed by atoms with Crippen LogP contribution in [0.5, 0.6) is 0 Å². The van der Waals surface area contributed by atoms with E-state index in [0.29, 0.717) is 23.9 Å². The third-order valence-electron chi connectivity index (χ3n) is 5.12. The van der Waals surface area contributed by atoms with E-state index in [4.69, 9.17) is 10.2 Å². The fourth-order valence-corrected chi connectivity index (χ4v) is 3.68. The predicted molar refractivity (Wildman–Crippen MR) is 101 cm³/mol. The van der Waals surface area contributed by atoms with Gasteiger partial charge in [-0.25, -0.2) is 9.97 Å². The van der Waals surface area contributed by atoms with Crippen LogP contribution in [0.15, 0.2) is 27.9 Å². The molecule has 1 aliphatic carbocycles. The van der Waals surface area contributed by atoms with Gasteiger partial charge in [-0.1, -0.05) is 0 Å². The van der Waals surface area contributed by atoms with Crippen LogP contribution < -0.4 is 11.1 Å². The Labute approximate surface area is 155 Å². The number of aromatic nitrogens is 4. The average molecular weight is 361 g/mol. The fraction of sp³-hybridized carbons (Fsp3) is 0.350. The molecule has 3 aromatic rings. The highest BCUT2D eigenvalue weighted by atomic mass is 16.1. The summed E-state index contributed by atoms with van der Waals surface area (Å²) in [6.07, 6.45) is 6.59. The number of fused-ring (bicyclic) bond motifs is 2. The molecule has 7 nitrogen and oxygen atoms in total. The number of aromatic amines is 1. The van der Waals surface area contributed by atoms with Crippen LogP contribution in [0.25, 0.3) is 10.9 Å². The predicted octanol–water partition coefficient (Wildman–Crippen LogP) is 1.78. The first-order chi connectivity index (χ1) is 13.1. The zero-order valence-electron chi connectivity index (χ0n) is 15.1. The zero-order chi connectivity index (χ0) is 19.0. The molecule has 0 saturated carbocycles. The standard InChI is InChI=1S/C20H19N5O2/c1-12-14-4-2-3-5-16(14)23-18(22-12)7-9-25-8-6-17-15(20(25)27)10-13(11-21)19(26)24-17/h6,8,10H,2-5,7,9H2,1H3,(H,24,26). The number of hydrogen-bond acceptors (Lipinski definition) is 5. The average Bonchev–Trinajstić information content (AvgIpc) is 2.67. The quantitative estimate of drug-likeness (QED) is 0.766. The molecule has 0 bridgehead atoms. The van der Waals surface area contributed by atoms with E-state index in [1.165, 1.54) is 18.1 Å². The SMILES string of the molecule is Cc1nc(CCn2ccc3[nH]c(=O)c(C#N)cc3c2=O)nc2c1CCCC2. The number of aryl methyl sites for hydroxylation is 4. The molecule has 0 aromatic carbocycles. The van der Waals surface area contributed by atoms with Crippen molar-refractivity contribution >= 4 is 10.9 Å². The summed E-state index contributed by atoms with van der Waals surface area (Å²) in [5.41, 5.74) is 3.10. The van der Waals surface area contributed by atoms with E-state index in [1.807, 2.05) is 13.0 Å². The lowest BCUT2D eigenvalue weighted by Crippen LogP contribution is -2.23. The van der Waals surface area contributed by atoms with Gasteiger partial charge in [-0.2, -0.15) is 5.26 Å². The molecule has 136 valence electrons. The first-order valence-corrected chi connectivity index (χ1v) is 9.08. The molecule has 0 saturated heterocycles. The summed E-state index contributed by atoms with van der Waals surface area (Å²) in [6, 6.07) is 4.85. The molecule has 1 N–H and O–H groups in total. The van der Waals surface area contributed by atoms with Crippen molar-refractivity contribution < 1.29 is 0 Å². The molecule has 0 amide bonds. The van der Waals surface area contributed by atoms with Gasteiger partial charge in [0.2, 0.25) is 0 Å². The Hall–Kier alpha value is -3.27. The minimum Gasteiger partial charge on any atom is -0.321 e. The van der Waals surface area contributed by atoms with Crippen molar-refractivity contribution in [3.8, 4) is 6.07 Å². The molecule has 0 atom stereocenters. The third-order valence-corrected chi connectivity index (χ3v) is 5.12. The second-order valence-corrected chi connectivity index (χ2v) is 6.87. The Morgan fingerprint density at radius 1 is 1.26 bits per heavy atom. The van der Waals surface area contributed by atoms with Gasteiger partial charge in [0, 0.05) is 30.6 Å². The lowest BCUT2D eigenvalue weighted by molar-refractivity contribution is 0.620. The Kier molecular flexibility index (Phi) is 4.32. The van der Waals surface area contributed by atoms with Crippen molar-refractivity contribution in [1.82, 2.24) is 19.5 Å². The van der Waals surface area contributed by atoms with Crippen molar-refractivity contribution in [2.75, 3.05) is 0 Å². The Bertz CT molecular complexity index is 1200. The van der Waals surface area contributed by atoms with Crippen molar-refractivity contribution in [3.05, 3.63) is 67.4 Å². The summed E-state index contributed by atoms with van der Waals surface area (Å²) >= 11 is 0. The second-order valence-electron chi connectivity index (χ2n) is 6.87. The molecule has 0 aliphatic heterocycles. The molecule has 3 aromatic heterocycles. The number of H-pyrrole nitrogens is 1. The summed E-state index contributed by atoms with van der Waals surface area (Å²) in [5.74, 6) is 0.749. The van der Waals surface area contributed by atoms with E-state index in [0.717, 1.165) is 36.5 Å². The van der Waals surface area contributed by atoms with Crippen LogP contribution in [0.2, 0.25) is 0 Å². The van der Waals surface area contributed by atoms with Gasteiger partial charge in [-0.15, -0.1) is 0 Å². The fourth-order valence-electron chi connectivity index (χ4n) is 3.68. The van der Waals surface area contributed by atoms with Crippen molar-refractivity contribution in [1.29, 1.82) is 5.26 Å².